The number of amides is 1. The van der Waals surface area contributed by atoms with E-state index in [-0.39, 0.29) is 18.4 Å². The van der Waals surface area contributed by atoms with Crippen LogP contribution in [0.25, 0.3) is 0 Å². The van der Waals surface area contributed by atoms with Crippen molar-refractivity contribution in [2.24, 2.45) is 11.7 Å². The van der Waals surface area contributed by atoms with Gasteiger partial charge in [0, 0.05) is 13.1 Å². The van der Waals surface area contributed by atoms with Crippen molar-refractivity contribution >= 4 is 5.91 Å². The van der Waals surface area contributed by atoms with Gasteiger partial charge in [-0.2, -0.15) is 0 Å². The van der Waals surface area contributed by atoms with Gasteiger partial charge < -0.3 is 16.2 Å². The molecular formula is C14H20N2O2. The van der Waals surface area contributed by atoms with Crippen molar-refractivity contribution in [3.8, 4) is 0 Å². The van der Waals surface area contributed by atoms with E-state index in [0.717, 1.165) is 18.4 Å². The average Bonchev–Trinajstić information content (AvgIpc) is 3.22. The minimum atomic E-state index is -0.414. The van der Waals surface area contributed by atoms with Crippen molar-refractivity contribution in [3.05, 3.63) is 35.9 Å². The highest BCUT2D eigenvalue weighted by Gasteiger charge is 2.30. The third-order valence-corrected chi connectivity index (χ3v) is 3.41. The van der Waals surface area contributed by atoms with Crippen molar-refractivity contribution in [1.29, 1.82) is 0 Å². The fourth-order valence-corrected chi connectivity index (χ4v) is 2.06. The van der Waals surface area contributed by atoms with Crippen LogP contribution in [0.2, 0.25) is 0 Å². The predicted molar refractivity (Wildman–Crippen MR) is 70.0 cm³/mol. The van der Waals surface area contributed by atoms with Gasteiger partial charge in [0.25, 0.3) is 0 Å². The van der Waals surface area contributed by atoms with E-state index in [1.165, 1.54) is 0 Å². The molecule has 18 heavy (non-hydrogen) atoms. The Morgan fingerprint density at radius 1 is 1.39 bits per heavy atom. The van der Waals surface area contributed by atoms with Crippen LogP contribution in [0, 0.1) is 5.92 Å². The summed E-state index contributed by atoms with van der Waals surface area (Å²) in [5.74, 6) is -0.0700. The van der Waals surface area contributed by atoms with Gasteiger partial charge in [-0.1, -0.05) is 30.3 Å². The molecule has 0 radical (unpaired) electrons. The Labute approximate surface area is 107 Å². The smallest absolute Gasteiger partial charge is 0.228 e. The van der Waals surface area contributed by atoms with Crippen molar-refractivity contribution in [2.45, 2.75) is 24.9 Å². The lowest BCUT2D eigenvalue weighted by molar-refractivity contribution is -0.122. The number of aliphatic hydroxyl groups is 1. The Hall–Kier alpha value is -1.39. The lowest BCUT2D eigenvalue weighted by Crippen LogP contribution is -2.38. The third kappa shape index (κ3) is 3.31. The molecule has 0 spiro atoms. The molecule has 1 aliphatic carbocycles. The predicted octanol–water partition coefficient (Wildman–Crippen LogP) is 0.616. The van der Waals surface area contributed by atoms with Crippen LogP contribution in [-0.4, -0.2) is 30.2 Å². The molecule has 98 valence electrons. The molecule has 0 aliphatic heterocycles. The van der Waals surface area contributed by atoms with Gasteiger partial charge in [-0.3, -0.25) is 4.79 Å². The summed E-state index contributed by atoms with van der Waals surface area (Å²) in [6, 6.07) is 9.49. The van der Waals surface area contributed by atoms with Crippen LogP contribution in [0.1, 0.15) is 24.3 Å². The van der Waals surface area contributed by atoms with E-state index in [1.807, 2.05) is 30.3 Å². The van der Waals surface area contributed by atoms with Crippen molar-refractivity contribution < 1.29 is 9.90 Å². The van der Waals surface area contributed by atoms with E-state index in [2.05, 4.69) is 5.32 Å². The molecule has 1 aromatic carbocycles. The second-order valence-corrected chi connectivity index (χ2v) is 4.85. The van der Waals surface area contributed by atoms with Crippen LogP contribution in [0.3, 0.4) is 0 Å². The second kappa shape index (κ2) is 5.98. The topological polar surface area (TPSA) is 75.4 Å². The average molecular weight is 248 g/mol. The van der Waals surface area contributed by atoms with Crippen molar-refractivity contribution in [2.75, 3.05) is 13.1 Å². The maximum absolute atomic E-state index is 12.0. The zero-order chi connectivity index (χ0) is 13.0. The Balaban J connectivity index is 1.89. The summed E-state index contributed by atoms with van der Waals surface area (Å²) in [4.78, 5) is 12.0. The molecular weight excluding hydrogens is 228 g/mol. The molecule has 2 atom stereocenters. The van der Waals surface area contributed by atoms with Crippen LogP contribution in [0.15, 0.2) is 30.3 Å². The summed E-state index contributed by atoms with van der Waals surface area (Å²) >= 11 is 0. The maximum Gasteiger partial charge on any atom is 0.228 e. The molecule has 1 amide bonds. The van der Waals surface area contributed by atoms with Gasteiger partial charge >= 0.3 is 0 Å². The summed E-state index contributed by atoms with van der Waals surface area (Å²) in [5.41, 5.74) is 6.58. The molecule has 0 saturated heterocycles. The lowest BCUT2D eigenvalue weighted by atomic mass is 9.98. The molecule has 1 saturated carbocycles. The highest BCUT2D eigenvalue weighted by atomic mass is 16.3. The third-order valence-electron chi connectivity index (χ3n) is 3.41. The maximum atomic E-state index is 12.0. The number of nitrogens with two attached hydrogens (primary N) is 1. The van der Waals surface area contributed by atoms with Gasteiger partial charge in [-0.25, -0.2) is 0 Å². The number of aliphatic hydroxyl groups excluding tert-OH is 1. The van der Waals surface area contributed by atoms with E-state index < -0.39 is 6.10 Å². The number of rotatable bonds is 6. The molecule has 2 unspecified atom stereocenters. The number of benzene rings is 1. The molecule has 1 aromatic rings. The molecule has 1 fully saturated rings. The summed E-state index contributed by atoms with van der Waals surface area (Å²) in [6.07, 6.45) is 1.72. The van der Waals surface area contributed by atoms with Crippen LogP contribution in [-0.2, 0) is 4.79 Å². The van der Waals surface area contributed by atoms with Gasteiger partial charge in [0.15, 0.2) is 0 Å². The first kappa shape index (κ1) is 13.1. The first-order chi connectivity index (χ1) is 8.72. The number of hydrogen-bond acceptors (Lipinski definition) is 3. The van der Waals surface area contributed by atoms with Crippen LogP contribution < -0.4 is 11.1 Å². The number of carbonyl (C=O) groups is 1. The lowest BCUT2D eigenvalue weighted by Gasteiger charge is -2.17. The van der Waals surface area contributed by atoms with E-state index >= 15 is 0 Å². The van der Waals surface area contributed by atoms with Gasteiger partial charge in [-0.15, -0.1) is 0 Å². The molecule has 4 N–H and O–H groups in total. The number of nitrogens with one attached hydrogen (secondary N) is 1. The van der Waals surface area contributed by atoms with Gasteiger partial charge in [-0.05, 0) is 24.3 Å². The summed E-state index contributed by atoms with van der Waals surface area (Å²) in [7, 11) is 0. The van der Waals surface area contributed by atoms with Crippen molar-refractivity contribution in [1.82, 2.24) is 5.32 Å². The first-order valence-corrected chi connectivity index (χ1v) is 6.43. The normalized spacial score (nSPS) is 18.1. The molecule has 0 bridgehead atoms. The zero-order valence-corrected chi connectivity index (χ0v) is 10.4. The highest BCUT2D eigenvalue weighted by molar-refractivity contribution is 5.83. The Bertz CT molecular complexity index is 390. The zero-order valence-electron chi connectivity index (χ0n) is 10.4. The van der Waals surface area contributed by atoms with E-state index in [0.29, 0.717) is 12.5 Å². The Kier molecular flexibility index (Phi) is 4.33. The molecule has 0 heterocycles. The minimum Gasteiger partial charge on any atom is -0.391 e. The molecule has 4 nitrogen and oxygen atoms in total. The highest BCUT2D eigenvalue weighted by Crippen LogP contribution is 2.32. The quantitative estimate of drug-likeness (QED) is 0.690. The SMILES string of the molecule is NCC(C(=O)NCC(O)C1CC1)c1ccccc1. The van der Waals surface area contributed by atoms with Gasteiger partial charge in [0.05, 0.1) is 12.0 Å². The van der Waals surface area contributed by atoms with Crippen LogP contribution in [0.4, 0.5) is 0 Å². The Morgan fingerprint density at radius 3 is 2.61 bits per heavy atom. The standard InChI is InChI=1S/C14H20N2O2/c15-8-12(10-4-2-1-3-5-10)14(18)16-9-13(17)11-6-7-11/h1-5,11-13,17H,6-9,15H2,(H,16,18). The second-order valence-electron chi connectivity index (χ2n) is 4.85. The molecule has 2 rings (SSSR count). The molecule has 0 aromatic heterocycles. The first-order valence-electron chi connectivity index (χ1n) is 6.43. The van der Waals surface area contributed by atoms with E-state index in [9.17, 15) is 9.90 Å². The molecule has 4 heteroatoms. The van der Waals surface area contributed by atoms with Gasteiger partial charge in [0.1, 0.15) is 0 Å². The van der Waals surface area contributed by atoms with Gasteiger partial charge in [0.2, 0.25) is 5.91 Å². The van der Waals surface area contributed by atoms with Crippen LogP contribution >= 0.6 is 0 Å². The van der Waals surface area contributed by atoms with E-state index in [4.69, 9.17) is 5.73 Å². The van der Waals surface area contributed by atoms with E-state index in [1.54, 1.807) is 0 Å². The number of hydrogen-bond donors (Lipinski definition) is 3. The fraction of sp³-hybridized carbons (Fsp3) is 0.500. The minimum absolute atomic E-state index is 0.108. The largest absolute Gasteiger partial charge is 0.391 e. The summed E-state index contributed by atoms with van der Waals surface area (Å²) < 4.78 is 0. The Morgan fingerprint density at radius 2 is 2.06 bits per heavy atom. The number of carbonyl (C=O) groups excluding carboxylic acids is 1. The fourth-order valence-electron chi connectivity index (χ4n) is 2.06. The molecule has 1 aliphatic rings. The van der Waals surface area contributed by atoms with Crippen LogP contribution in [0.5, 0.6) is 0 Å². The monoisotopic (exact) mass is 248 g/mol. The summed E-state index contributed by atoms with van der Waals surface area (Å²) in [5, 5.41) is 12.5. The summed E-state index contributed by atoms with van der Waals surface area (Å²) in [6.45, 7) is 0.599. The van der Waals surface area contributed by atoms with Crippen molar-refractivity contribution in [3.63, 3.8) is 0 Å².